The second-order valence-electron chi connectivity index (χ2n) is 4.44. The molecular formula is C15H18N2O3. The van der Waals surface area contributed by atoms with Gasteiger partial charge >= 0.3 is 0 Å². The summed E-state index contributed by atoms with van der Waals surface area (Å²) in [7, 11) is 3.07. The van der Waals surface area contributed by atoms with Crippen molar-refractivity contribution in [2.24, 2.45) is 0 Å². The van der Waals surface area contributed by atoms with Crippen LogP contribution in [0.25, 0.3) is 10.9 Å². The Morgan fingerprint density at radius 1 is 1.30 bits per heavy atom. The van der Waals surface area contributed by atoms with Crippen molar-refractivity contribution in [1.82, 2.24) is 10.3 Å². The Kier molecular flexibility index (Phi) is 4.65. The number of hydrogen-bond donors (Lipinski definition) is 1. The Hall–Kier alpha value is -1.98. The Morgan fingerprint density at radius 3 is 2.70 bits per heavy atom. The summed E-state index contributed by atoms with van der Waals surface area (Å²) in [6, 6.07) is 9.37. The fraction of sp³-hybridized carbons (Fsp3) is 0.333. The molecule has 1 heterocycles. The Morgan fingerprint density at radius 2 is 2.00 bits per heavy atom. The van der Waals surface area contributed by atoms with E-state index in [0.29, 0.717) is 12.1 Å². The average molecular weight is 274 g/mol. The third-order valence-electron chi connectivity index (χ3n) is 3.04. The minimum atomic E-state index is -0.451. The van der Waals surface area contributed by atoms with Gasteiger partial charge in [0.25, 0.3) is 5.91 Å². The molecule has 20 heavy (non-hydrogen) atoms. The van der Waals surface area contributed by atoms with Crippen LogP contribution in [0.3, 0.4) is 0 Å². The molecule has 0 saturated heterocycles. The monoisotopic (exact) mass is 274 g/mol. The van der Waals surface area contributed by atoms with Crippen molar-refractivity contribution in [3.63, 3.8) is 0 Å². The third-order valence-corrected chi connectivity index (χ3v) is 3.04. The lowest BCUT2D eigenvalue weighted by molar-refractivity contribution is -0.0974. The van der Waals surface area contributed by atoms with Crippen LogP contribution in [0.5, 0.6) is 0 Å². The first-order chi connectivity index (χ1) is 9.65. The molecule has 5 nitrogen and oxygen atoms in total. The van der Waals surface area contributed by atoms with Gasteiger partial charge in [-0.25, -0.2) is 0 Å². The first kappa shape index (κ1) is 14.4. The van der Waals surface area contributed by atoms with E-state index in [-0.39, 0.29) is 5.91 Å². The van der Waals surface area contributed by atoms with Gasteiger partial charge < -0.3 is 14.8 Å². The van der Waals surface area contributed by atoms with Crippen LogP contribution in [0.1, 0.15) is 16.1 Å². The zero-order chi connectivity index (χ0) is 14.5. The minimum Gasteiger partial charge on any atom is -0.354 e. The number of nitrogens with zero attached hydrogens (tertiary/aromatic N) is 1. The molecule has 0 saturated carbocycles. The van der Waals surface area contributed by atoms with E-state index in [9.17, 15) is 4.79 Å². The number of rotatable bonds is 5. The highest BCUT2D eigenvalue weighted by molar-refractivity contribution is 6.06. The SMILES string of the molecule is COC(CNC(=O)c1cc(C)nc2ccccc12)OC. The standard InChI is InChI=1S/C15H18N2O3/c1-10-8-12(11-6-4-5-7-13(11)17-10)15(18)16-9-14(19-2)20-3/h4-8,14H,9H2,1-3H3,(H,16,18). The zero-order valence-electron chi connectivity index (χ0n) is 11.8. The van der Waals surface area contributed by atoms with Crippen molar-refractivity contribution in [3.05, 3.63) is 41.6 Å². The van der Waals surface area contributed by atoms with E-state index in [1.165, 1.54) is 14.2 Å². The molecule has 0 fully saturated rings. The van der Waals surface area contributed by atoms with Crippen LogP contribution in [-0.4, -0.2) is 37.9 Å². The second kappa shape index (κ2) is 6.45. The van der Waals surface area contributed by atoms with Crippen LogP contribution in [0.4, 0.5) is 0 Å². The molecular weight excluding hydrogens is 256 g/mol. The van der Waals surface area contributed by atoms with Crippen molar-refractivity contribution in [2.45, 2.75) is 13.2 Å². The number of aryl methyl sites for hydroxylation is 1. The number of carbonyl (C=O) groups is 1. The van der Waals surface area contributed by atoms with E-state index >= 15 is 0 Å². The summed E-state index contributed by atoms with van der Waals surface area (Å²) in [6.07, 6.45) is -0.451. The van der Waals surface area contributed by atoms with E-state index < -0.39 is 6.29 Å². The second-order valence-corrected chi connectivity index (χ2v) is 4.44. The molecule has 0 aliphatic carbocycles. The largest absolute Gasteiger partial charge is 0.354 e. The summed E-state index contributed by atoms with van der Waals surface area (Å²) >= 11 is 0. The average Bonchev–Trinajstić information content (AvgIpc) is 2.47. The summed E-state index contributed by atoms with van der Waals surface area (Å²) in [5.41, 5.74) is 2.23. The lowest BCUT2D eigenvalue weighted by Gasteiger charge is -2.14. The molecule has 106 valence electrons. The Labute approximate surface area is 117 Å². The normalized spacial score (nSPS) is 11.0. The molecule has 0 radical (unpaired) electrons. The molecule has 1 N–H and O–H groups in total. The van der Waals surface area contributed by atoms with Crippen LogP contribution in [-0.2, 0) is 9.47 Å². The summed E-state index contributed by atoms with van der Waals surface area (Å²) in [6.45, 7) is 2.16. The van der Waals surface area contributed by atoms with Crippen molar-refractivity contribution in [2.75, 3.05) is 20.8 Å². The first-order valence-corrected chi connectivity index (χ1v) is 6.36. The number of carbonyl (C=O) groups excluding carboxylic acids is 1. The number of pyridine rings is 1. The highest BCUT2D eigenvalue weighted by Gasteiger charge is 2.13. The number of fused-ring (bicyclic) bond motifs is 1. The molecule has 0 unspecified atom stereocenters. The highest BCUT2D eigenvalue weighted by Crippen LogP contribution is 2.18. The van der Waals surface area contributed by atoms with Crippen LogP contribution in [0, 0.1) is 6.92 Å². The number of benzene rings is 1. The maximum Gasteiger partial charge on any atom is 0.252 e. The van der Waals surface area contributed by atoms with Gasteiger partial charge in [-0.3, -0.25) is 9.78 Å². The fourth-order valence-corrected chi connectivity index (χ4v) is 2.03. The summed E-state index contributed by atoms with van der Waals surface area (Å²) in [5.74, 6) is -0.161. The number of nitrogens with one attached hydrogen (secondary N) is 1. The summed E-state index contributed by atoms with van der Waals surface area (Å²) < 4.78 is 10.1. The minimum absolute atomic E-state index is 0.161. The molecule has 1 aromatic heterocycles. The van der Waals surface area contributed by atoms with Gasteiger partial charge in [0.1, 0.15) is 0 Å². The third kappa shape index (κ3) is 3.12. The van der Waals surface area contributed by atoms with Crippen LogP contribution in [0.15, 0.2) is 30.3 Å². The fourth-order valence-electron chi connectivity index (χ4n) is 2.03. The predicted octanol–water partition coefficient (Wildman–Crippen LogP) is 1.89. The first-order valence-electron chi connectivity index (χ1n) is 6.36. The quantitative estimate of drug-likeness (QED) is 0.846. The number of methoxy groups -OCH3 is 2. The summed E-state index contributed by atoms with van der Waals surface area (Å²) in [4.78, 5) is 16.7. The molecule has 2 rings (SSSR count). The molecule has 0 aliphatic heterocycles. The van der Waals surface area contributed by atoms with Gasteiger partial charge in [0.2, 0.25) is 0 Å². The van der Waals surface area contributed by atoms with E-state index in [2.05, 4.69) is 10.3 Å². The zero-order valence-corrected chi connectivity index (χ0v) is 11.8. The Bertz CT molecular complexity index is 609. The van der Waals surface area contributed by atoms with Gasteiger partial charge in [-0.05, 0) is 19.1 Å². The maximum absolute atomic E-state index is 12.3. The van der Waals surface area contributed by atoms with Gasteiger partial charge in [0.05, 0.1) is 17.6 Å². The predicted molar refractivity (Wildman–Crippen MR) is 76.6 cm³/mol. The van der Waals surface area contributed by atoms with Crippen molar-refractivity contribution >= 4 is 16.8 Å². The molecule has 0 spiro atoms. The molecule has 0 atom stereocenters. The smallest absolute Gasteiger partial charge is 0.252 e. The van der Waals surface area contributed by atoms with Crippen LogP contribution >= 0.6 is 0 Å². The maximum atomic E-state index is 12.3. The lowest BCUT2D eigenvalue weighted by atomic mass is 10.1. The lowest BCUT2D eigenvalue weighted by Crippen LogP contribution is -2.34. The number of amides is 1. The van der Waals surface area contributed by atoms with Gasteiger partial charge in [-0.2, -0.15) is 0 Å². The molecule has 2 aromatic rings. The highest BCUT2D eigenvalue weighted by atomic mass is 16.7. The molecule has 5 heteroatoms. The molecule has 0 bridgehead atoms. The van der Waals surface area contributed by atoms with E-state index in [4.69, 9.17) is 9.47 Å². The number of para-hydroxylation sites is 1. The molecule has 1 aromatic carbocycles. The van der Waals surface area contributed by atoms with Crippen molar-refractivity contribution in [3.8, 4) is 0 Å². The molecule has 1 amide bonds. The van der Waals surface area contributed by atoms with Gasteiger partial charge in [0.15, 0.2) is 6.29 Å². The number of aromatic nitrogens is 1. The topological polar surface area (TPSA) is 60.5 Å². The van der Waals surface area contributed by atoms with Gasteiger partial charge in [-0.15, -0.1) is 0 Å². The van der Waals surface area contributed by atoms with E-state index in [0.717, 1.165) is 16.6 Å². The molecule has 0 aliphatic rings. The number of hydrogen-bond acceptors (Lipinski definition) is 4. The van der Waals surface area contributed by atoms with Crippen LogP contribution in [0.2, 0.25) is 0 Å². The summed E-state index contributed by atoms with van der Waals surface area (Å²) in [5, 5.41) is 3.64. The van der Waals surface area contributed by atoms with E-state index in [1.54, 1.807) is 6.07 Å². The Balaban J connectivity index is 2.25. The van der Waals surface area contributed by atoms with Crippen molar-refractivity contribution in [1.29, 1.82) is 0 Å². The van der Waals surface area contributed by atoms with Crippen LogP contribution < -0.4 is 5.32 Å². The van der Waals surface area contributed by atoms with E-state index in [1.807, 2.05) is 31.2 Å². The van der Waals surface area contributed by atoms with Crippen molar-refractivity contribution < 1.29 is 14.3 Å². The van der Waals surface area contributed by atoms with Gasteiger partial charge in [-0.1, -0.05) is 18.2 Å². The number of ether oxygens (including phenoxy) is 2. The van der Waals surface area contributed by atoms with Gasteiger partial charge in [0, 0.05) is 25.3 Å².